The topological polar surface area (TPSA) is 42.0 Å². The van der Waals surface area contributed by atoms with Crippen LogP contribution in [0.5, 0.6) is 0 Å². The zero-order chi connectivity index (χ0) is 13.8. The van der Waals surface area contributed by atoms with Crippen molar-refractivity contribution in [1.29, 1.82) is 0 Å². The van der Waals surface area contributed by atoms with Crippen molar-refractivity contribution < 1.29 is 4.79 Å². The van der Waals surface area contributed by atoms with Crippen molar-refractivity contribution in [1.82, 2.24) is 10.3 Å². The molecule has 0 aliphatic carbocycles. The lowest BCUT2D eigenvalue weighted by atomic mass is 10.1. The molecule has 1 aromatic carbocycles. The summed E-state index contributed by atoms with van der Waals surface area (Å²) in [4.78, 5) is 16.9. The van der Waals surface area contributed by atoms with Gasteiger partial charge < -0.3 is 5.32 Å². The number of nitrogens with zero attached hydrogens (tertiary/aromatic N) is 1. The summed E-state index contributed by atoms with van der Waals surface area (Å²) >= 11 is 3.06. The van der Waals surface area contributed by atoms with Gasteiger partial charge in [-0.2, -0.15) is 0 Å². The van der Waals surface area contributed by atoms with Crippen LogP contribution in [0.15, 0.2) is 53.4 Å². The number of aromatic nitrogens is 1. The van der Waals surface area contributed by atoms with E-state index in [1.165, 1.54) is 11.3 Å². The van der Waals surface area contributed by atoms with Crippen LogP contribution in [-0.4, -0.2) is 10.9 Å². The highest BCUT2D eigenvalue weighted by Gasteiger charge is 2.06. The minimum absolute atomic E-state index is 0.0281. The van der Waals surface area contributed by atoms with Crippen LogP contribution in [-0.2, 0) is 6.54 Å². The average Bonchev–Trinajstić information content (AvgIpc) is 3.17. The zero-order valence-corrected chi connectivity index (χ0v) is 12.2. The molecule has 1 amide bonds. The molecule has 0 saturated heterocycles. The summed E-state index contributed by atoms with van der Waals surface area (Å²) in [7, 11) is 0. The predicted molar refractivity (Wildman–Crippen MR) is 83.0 cm³/mol. The quantitative estimate of drug-likeness (QED) is 0.796. The van der Waals surface area contributed by atoms with E-state index in [2.05, 4.69) is 16.4 Å². The molecule has 20 heavy (non-hydrogen) atoms. The van der Waals surface area contributed by atoms with Crippen LogP contribution in [0.1, 0.15) is 15.2 Å². The van der Waals surface area contributed by atoms with Gasteiger partial charge >= 0.3 is 0 Å². The van der Waals surface area contributed by atoms with Gasteiger partial charge in [-0.05, 0) is 23.1 Å². The van der Waals surface area contributed by atoms with Crippen molar-refractivity contribution in [3.05, 3.63) is 63.8 Å². The van der Waals surface area contributed by atoms with Crippen molar-refractivity contribution in [3.8, 4) is 10.6 Å². The molecule has 100 valence electrons. The van der Waals surface area contributed by atoms with Crippen molar-refractivity contribution >= 4 is 28.6 Å². The minimum Gasteiger partial charge on any atom is -0.347 e. The first kappa shape index (κ1) is 13.0. The molecule has 0 spiro atoms. The Morgan fingerprint density at radius 2 is 2.10 bits per heavy atom. The Morgan fingerprint density at radius 1 is 1.15 bits per heavy atom. The normalized spacial score (nSPS) is 10.4. The molecule has 2 aromatic heterocycles. The van der Waals surface area contributed by atoms with Crippen LogP contribution in [0.4, 0.5) is 0 Å². The van der Waals surface area contributed by atoms with E-state index in [4.69, 9.17) is 0 Å². The second-order valence-electron chi connectivity index (χ2n) is 4.20. The summed E-state index contributed by atoms with van der Waals surface area (Å²) in [6, 6.07) is 11.8. The van der Waals surface area contributed by atoms with Crippen molar-refractivity contribution in [3.63, 3.8) is 0 Å². The van der Waals surface area contributed by atoms with E-state index in [1.54, 1.807) is 17.5 Å². The van der Waals surface area contributed by atoms with Crippen LogP contribution in [0.3, 0.4) is 0 Å². The molecule has 0 bridgehead atoms. The number of hydrogen-bond acceptors (Lipinski definition) is 4. The molecule has 2 heterocycles. The Labute approximate surface area is 124 Å². The van der Waals surface area contributed by atoms with Crippen molar-refractivity contribution in [2.75, 3.05) is 0 Å². The number of rotatable bonds is 4. The molecule has 3 nitrogen and oxygen atoms in total. The van der Waals surface area contributed by atoms with Crippen LogP contribution in [0, 0.1) is 0 Å². The molecular formula is C15H12N2OS2. The highest BCUT2D eigenvalue weighted by atomic mass is 32.1. The summed E-state index contributed by atoms with van der Waals surface area (Å²) in [6.07, 6.45) is 1.80. The molecule has 0 saturated carbocycles. The Bertz CT molecular complexity index is 691. The third-order valence-corrected chi connectivity index (χ3v) is 4.50. The molecule has 3 rings (SSSR count). The lowest BCUT2D eigenvalue weighted by molar-refractivity contribution is 0.0955. The molecule has 0 radical (unpaired) electrons. The fourth-order valence-corrected chi connectivity index (χ4v) is 3.13. The number of amides is 1. The summed E-state index contributed by atoms with van der Waals surface area (Å²) in [6.45, 7) is 0.524. The van der Waals surface area contributed by atoms with E-state index in [-0.39, 0.29) is 5.91 Å². The van der Waals surface area contributed by atoms with Crippen LogP contribution in [0.25, 0.3) is 10.6 Å². The van der Waals surface area contributed by atoms with Crippen LogP contribution in [0.2, 0.25) is 0 Å². The maximum Gasteiger partial charge on any atom is 0.261 e. The Kier molecular flexibility index (Phi) is 3.90. The predicted octanol–water partition coefficient (Wildman–Crippen LogP) is 3.80. The molecule has 1 N–H and O–H groups in total. The van der Waals surface area contributed by atoms with Gasteiger partial charge in [-0.3, -0.25) is 4.79 Å². The SMILES string of the molecule is O=C(NCc1cccc(-c2nccs2)c1)c1cccs1. The fraction of sp³-hybridized carbons (Fsp3) is 0.0667. The summed E-state index contributed by atoms with van der Waals surface area (Å²) in [5, 5.41) is 7.78. The third kappa shape index (κ3) is 2.95. The van der Waals surface area contributed by atoms with Gasteiger partial charge in [0, 0.05) is 23.7 Å². The first-order chi connectivity index (χ1) is 9.83. The van der Waals surface area contributed by atoms with Gasteiger partial charge in [0.15, 0.2) is 0 Å². The summed E-state index contributed by atoms with van der Waals surface area (Å²) < 4.78 is 0. The third-order valence-electron chi connectivity index (χ3n) is 2.80. The molecular weight excluding hydrogens is 288 g/mol. The first-order valence-corrected chi connectivity index (χ1v) is 7.89. The number of benzene rings is 1. The fourth-order valence-electron chi connectivity index (χ4n) is 1.86. The maximum absolute atomic E-state index is 11.9. The van der Waals surface area contributed by atoms with E-state index in [0.717, 1.165) is 21.0 Å². The number of nitrogens with one attached hydrogen (secondary N) is 1. The number of thiazole rings is 1. The smallest absolute Gasteiger partial charge is 0.261 e. The highest BCUT2D eigenvalue weighted by Crippen LogP contribution is 2.22. The number of carbonyl (C=O) groups is 1. The first-order valence-electron chi connectivity index (χ1n) is 6.13. The highest BCUT2D eigenvalue weighted by molar-refractivity contribution is 7.13. The van der Waals surface area contributed by atoms with Gasteiger partial charge in [-0.15, -0.1) is 22.7 Å². The minimum atomic E-state index is -0.0281. The zero-order valence-electron chi connectivity index (χ0n) is 10.6. The standard InChI is InChI=1S/C15H12N2OS2/c18-14(13-5-2-7-19-13)17-10-11-3-1-4-12(9-11)15-16-6-8-20-15/h1-9H,10H2,(H,17,18). The van der Waals surface area contributed by atoms with E-state index >= 15 is 0 Å². The van der Waals surface area contributed by atoms with Gasteiger partial charge in [0.05, 0.1) is 4.88 Å². The number of thiophene rings is 1. The second kappa shape index (κ2) is 5.98. The number of carbonyl (C=O) groups excluding carboxylic acids is 1. The van der Waals surface area contributed by atoms with E-state index in [0.29, 0.717) is 6.54 Å². The Balaban J connectivity index is 1.69. The number of hydrogen-bond donors (Lipinski definition) is 1. The van der Waals surface area contributed by atoms with Gasteiger partial charge in [0.2, 0.25) is 0 Å². The average molecular weight is 300 g/mol. The molecule has 0 unspecified atom stereocenters. The lowest BCUT2D eigenvalue weighted by Gasteiger charge is -2.05. The Hall–Kier alpha value is -1.98. The monoisotopic (exact) mass is 300 g/mol. The lowest BCUT2D eigenvalue weighted by Crippen LogP contribution is -2.21. The Morgan fingerprint density at radius 3 is 2.85 bits per heavy atom. The second-order valence-corrected chi connectivity index (χ2v) is 6.04. The van der Waals surface area contributed by atoms with E-state index < -0.39 is 0 Å². The van der Waals surface area contributed by atoms with Crippen LogP contribution < -0.4 is 5.32 Å². The molecule has 0 atom stereocenters. The largest absolute Gasteiger partial charge is 0.347 e. The molecule has 0 fully saturated rings. The molecule has 5 heteroatoms. The molecule has 3 aromatic rings. The van der Waals surface area contributed by atoms with Crippen molar-refractivity contribution in [2.24, 2.45) is 0 Å². The van der Waals surface area contributed by atoms with Gasteiger partial charge in [0.25, 0.3) is 5.91 Å². The summed E-state index contributed by atoms with van der Waals surface area (Å²) in [5.41, 5.74) is 2.16. The van der Waals surface area contributed by atoms with Gasteiger partial charge in [-0.25, -0.2) is 4.98 Å². The molecule has 0 aliphatic heterocycles. The van der Waals surface area contributed by atoms with Gasteiger partial charge in [-0.1, -0.05) is 24.3 Å². The van der Waals surface area contributed by atoms with Crippen molar-refractivity contribution in [2.45, 2.75) is 6.54 Å². The van der Waals surface area contributed by atoms with Gasteiger partial charge in [0.1, 0.15) is 5.01 Å². The van der Waals surface area contributed by atoms with Crippen LogP contribution >= 0.6 is 22.7 Å². The molecule has 0 aliphatic rings. The van der Waals surface area contributed by atoms with E-state index in [9.17, 15) is 4.79 Å². The summed E-state index contributed by atoms with van der Waals surface area (Å²) in [5.74, 6) is -0.0281. The van der Waals surface area contributed by atoms with E-state index in [1.807, 2.05) is 41.1 Å². The maximum atomic E-state index is 11.9.